The summed E-state index contributed by atoms with van der Waals surface area (Å²) >= 11 is 2.60. The Kier molecular flexibility index (Phi) is 5.00. The molecule has 0 aromatic heterocycles. The smallest absolute Gasteiger partial charge is 0.194 e. The minimum Gasteiger partial charge on any atom is -0.194 e. The summed E-state index contributed by atoms with van der Waals surface area (Å²) in [5, 5.41) is 0. The first-order valence-electron chi connectivity index (χ1n) is 11.8. The summed E-state index contributed by atoms with van der Waals surface area (Å²) in [5.41, 5.74) is -0.474. The molecule has 4 aliphatic rings. The van der Waals surface area contributed by atoms with Crippen molar-refractivity contribution < 1.29 is 26.3 Å². The summed E-state index contributed by atoms with van der Waals surface area (Å²) in [5.74, 6) is -15.6. The Morgan fingerprint density at radius 1 is 0.514 bits per heavy atom. The molecule has 37 heavy (non-hydrogen) atoms. The molecule has 0 radical (unpaired) electrons. The van der Waals surface area contributed by atoms with Crippen molar-refractivity contribution in [1.29, 1.82) is 0 Å². The minimum atomic E-state index is -5.56. The van der Waals surface area contributed by atoms with Crippen molar-refractivity contribution in [2.45, 2.75) is 55.0 Å². The standard InChI is InChI=1S/C29H22F6S2/c1-15-19-21-22(28(32,33)29(34,35)27(21,30)31)20-16(2)24(18-13-9-6-10-14-18)37-26(20,4)25(19,3)36-23(15)17-11-7-5-8-12-17/h5-14H,1-4H3. The van der Waals surface area contributed by atoms with Gasteiger partial charge in [0.05, 0.1) is 9.49 Å². The first-order valence-corrected chi connectivity index (χ1v) is 13.4. The molecule has 192 valence electrons. The Balaban J connectivity index is 1.74. The zero-order valence-corrected chi connectivity index (χ0v) is 22.0. The largest absolute Gasteiger partial charge is 0.380 e. The van der Waals surface area contributed by atoms with E-state index in [-0.39, 0.29) is 11.1 Å². The van der Waals surface area contributed by atoms with E-state index in [1.54, 1.807) is 52.0 Å². The number of hydrogen-bond donors (Lipinski definition) is 0. The summed E-state index contributed by atoms with van der Waals surface area (Å²) in [4.78, 5) is 1.27. The zero-order valence-electron chi connectivity index (χ0n) is 20.4. The second kappa shape index (κ2) is 7.41. The Morgan fingerprint density at radius 3 is 1.16 bits per heavy atom. The minimum absolute atomic E-state index is 0.103. The normalized spacial score (nSPS) is 31.2. The maximum absolute atomic E-state index is 15.6. The van der Waals surface area contributed by atoms with Crippen molar-refractivity contribution in [3.05, 3.63) is 105 Å². The fraction of sp³-hybridized carbons (Fsp3) is 0.310. The first-order chi connectivity index (χ1) is 17.2. The molecule has 1 saturated carbocycles. The van der Waals surface area contributed by atoms with Crippen LogP contribution in [0.3, 0.4) is 0 Å². The number of thioether (sulfide) groups is 2. The lowest BCUT2D eigenvalue weighted by Gasteiger charge is -2.48. The van der Waals surface area contributed by atoms with Gasteiger partial charge in [0.25, 0.3) is 0 Å². The Hall–Kier alpha value is -2.32. The highest BCUT2D eigenvalue weighted by atomic mass is 32.2. The van der Waals surface area contributed by atoms with E-state index < -0.39 is 38.4 Å². The van der Waals surface area contributed by atoms with Crippen molar-refractivity contribution in [3.8, 4) is 0 Å². The van der Waals surface area contributed by atoms with E-state index in [2.05, 4.69) is 0 Å². The number of rotatable bonds is 2. The molecule has 1 fully saturated rings. The fourth-order valence-corrected chi connectivity index (χ4v) is 9.64. The lowest BCUT2D eigenvalue weighted by molar-refractivity contribution is -0.258. The van der Waals surface area contributed by atoms with E-state index in [9.17, 15) is 0 Å². The van der Waals surface area contributed by atoms with Gasteiger partial charge in [-0.2, -0.15) is 26.3 Å². The molecule has 0 spiro atoms. The van der Waals surface area contributed by atoms with E-state index in [0.29, 0.717) is 21.0 Å². The van der Waals surface area contributed by atoms with Crippen molar-refractivity contribution in [1.82, 2.24) is 0 Å². The van der Waals surface area contributed by atoms with Crippen molar-refractivity contribution in [3.63, 3.8) is 0 Å². The van der Waals surface area contributed by atoms with Gasteiger partial charge in [0, 0.05) is 21.0 Å². The van der Waals surface area contributed by atoms with Gasteiger partial charge in [0.1, 0.15) is 0 Å². The number of allylic oxidation sites excluding steroid dienone is 4. The second-order valence-corrected chi connectivity index (χ2v) is 13.0. The number of alkyl halides is 6. The highest BCUT2D eigenvalue weighted by Crippen LogP contribution is 2.77. The van der Waals surface area contributed by atoms with Crippen LogP contribution in [0.15, 0.2) is 94.1 Å². The van der Waals surface area contributed by atoms with Gasteiger partial charge in [0.2, 0.25) is 0 Å². The second-order valence-electron chi connectivity index (χ2n) is 10.1. The molecule has 2 aliphatic heterocycles. The summed E-state index contributed by atoms with van der Waals surface area (Å²) in [7, 11) is 0. The molecule has 2 aromatic rings. The molecule has 0 bridgehead atoms. The average molecular weight is 549 g/mol. The topological polar surface area (TPSA) is 0 Å². The molecule has 2 heterocycles. The van der Waals surface area contributed by atoms with Crippen LogP contribution < -0.4 is 0 Å². The van der Waals surface area contributed by atoms with Crippen LogP contribution in [0.2, 0.25) is 0 Å². The lowest BCUT2D eigenvalue weighted by Crippen LogP contribution is -2.49. The van der Waals surface area contributed by atoms with Crippen LogP contribution in [0.4, 0.5) is 26.3 Å². The van der Waals surface area contributed by atoms with Crippen molar-refractivity contribution in [2.75, 3.05) is 0 Å². The molecule has 6 rings (SSSR count). The molecule has 2 aromatic carbocycles. The molecular weight excluding hydrogens is 526 g/mol. The third-order valence-corrected chi connectivity index (χ3v) is 11.8. The molecule has 2 aliphatic carbocycles. The highest BCUT2D eigenvalue weighted by molar-refractivity contribution is 8.14. The SMILES string of the molecule is CC1=C(c2ccccc2)SC2(C)C1=C1C(=C3C(C)=C(c4ccccc4)SC32C)C(F)(F)C(F)(F)C1(F)F. The Bertz CT molecular complexity index is 1370. The van der Waals surface area contributed by atoms with Crippen LogP contribution in [0.5, 0.6) is 0 Å². The van der Waals surface area contributed by atoms with Crippen LogP contribution >= 0.6 is 23.5 Å². The van der Waals surface area contributed by atoms with Gasteiger partial charge in [-0.1, -0.05) is 60.7 Å². The lowest BCUT2D eigenvalue weighted by atomic mass is 9.68. The molecule has 0 N–H and O–H groups in total. The van der Waals surface area contributed by atoms with E-state index in [1.165, 1.54) is 23.5 Å². The summed E-state index contributed by atoms with van der Waals surface area (Å²) in [6.45, 7) is 6.62. The van der Waals surface area contributed by atoms with Gasteiger partial charge >= 0.3 is 17.8 Å². The summed E-state index contributed by atoms with van der Waals surface area (Å²) < 4.78 is 90.1. The number of benzene rings is 2. The van der Waals surface area contributed by atoms with E-state index in [1.807, 2.05) is 36.4 Å². The molecule has 2 unspecified atom stereocenters. The maximum atomic E-state index is 15.6. The van der Waals surface area contributed by atoms with Crippen LogP contribution in [-0.2, 0) is 0 Å². The van der Waals surface area contributed by atoms with Gasteiger partial charge in [-0.05, 0) is 61.1 Å². The van der Waals surface area contributed by atoms with Crippen LogP contribution in [0.1, 0.15) is 38.8 Å². The summed E-state index contributed by atoms with van der Waals surface area (Å²) in [6, 6.07) is 18.1. The number of halogens is 6. The van der Waals surface area contributed by atoms with Gasteiger partial charge in [-0.3, -0.25) is 0 Å². The first kappa shape index (κ1) is 25.0. The number of hydrogen-bond acceptors (Lipinski definition) is 2. The molecule has 2 atom stereocenters. The molecule has 0 amide bonds. The van der Waals surface area contributed by atoms with Crippen molar-refractivity contribution >= 4 is 33.3 Å². The van der Waals surface area contributed by atoms with E-state index in [4.69, 9.17) is 0 Å². The molecular formula is C29H22F6S2. The predicted octanol–water partition coefficient (Wildman–Crippen LogP) is 9.39. The van der Waals surface area contributed by atoms with E-state index >= 15 is 26.3 Å². The van der Waals surface area contributed by atoms with Gasteiger partial charge in [-0.25, -0.2) is 0 Å². The third-order valence-electron chi connectivity index (χ3n) is 8.15. The Labute approximate surface area is 219 Å². The van der Waals surface area contributed by atoms with Crippen LogP contribution in [-0.4, -0.2) is 27.3 Å². The third kappa shape index (κ3) is 2.76. The van der Waals surface area contributed by atoms with Crippen LogP contribution in [0, 0.1) is 0 Å². The average Bonchev–Trinajstić information content (AvgIpc) is 3.33. The summed E-state index contributed by atoms with van der Waals surface area (Å²) in [6.07, 6.45) is 0. The number of fused-ring (bicyclic) bond motifs is 4. The molecule has 0 nitrogen and oxygen atoms in total. The zero-order chi connectivity index (χ0) is 26.8. The van der Waals surface area contributed by atoms with Gasteiger partial charge in [-0.15, -0.1) is 23.5 Å². The molecule has 0 saturated heterocycles. The van der Waals surface area contributed by atoms with Gasteiger partial charge < -0.3 is 0 Å². The maximum Gasteiger partial charge on any atom is 0.380 e. The van der Waals surface area contributed by atoms with Crippen LogP contribution in [0.25, 0.3) is 9.81 Å². The highest BCUT2D eigenvalue weighted by Gasteiger charge is 2.84. The molecule has 8 heteroatoms. The van der Waals surface area contributed by atoms with E-state index in [0.717, 1.165) is 11.1 Å². The fourth-order valence-electron chi connectivity index (χ4n) is 6.25. The Morgan fingerprint density at radius 2 is 0.838 bits per heavy atom. The monoisotopic (exact) mass is 548 g/mol. The van der Waals surface area contributed by atoms with Crippen molar-refractivity contribution in [2.24, 2.45) is 0 Å². The quantitative estimate of drug-likeness (QED) is 0.343. The predicted molar refractivity (Wildman–Crippen MR) is 139 cm³/mol. The van der Waals surface area contributed by atoms with Gasteiger partial charge in [0.15, 0.2) is 0 Å².